The summed E-state index contributed by atoms with van der Waals surface area (Å²) in [7, 11) is -3.25. The van der Waals surface area contributed by atoms with Crippen LogP contribution in [0.3, 0.4) is 0 Å². The molecule has 1 heterocycles. The normalized spacial score (nSPS) is 16.8. The smallest absolute Gasteiger partial charge is 0.212 e. The van der Waals surface area contributed by atoms with E-state index in [9.17, 15) is 8.42 Å². The lowest BCUT2D eigenvalue weighted by molar-refractivity contribution is 0.248. The van der Waals surface area contributed by atoms with E-state index in [-0.39, 0.29) is 11.8 Å². The van der Waals surface area contributed by atoms with Crippen LogP contribution < -0.4 is 9.62 Å². The minimum atomic E-state index is -3.25. The number of sulfonamides is 1. The molecule has 1 fully saturated rings. The molecule has 0 spiro atoms. The summed E-state index contributed by atoms with van der Waals surface area (Å²) in [6.07, 6.45) is 1.38. The van der Waals surface area contributed by atoms with Gasteiger partial charge in [0, 0.05) is 37.9 Å². The molecule has 2 aromatic carbocycles. The largest absolute Gasteiger partial charge is 0.369 e. The van der Waals surface area contributed by atoms with Gasteiger partial charge in [-0.1, -0.05) is 48.5 Å². The SMILES string of the molecule is C[C@H](CCN1CCN(c2ccccc2)CC1)NS(=O)(=O)CCc1ccccc1. The first kappa shape index (κ1) is 20.8. The van der Waals surface area contributed by atoms with E-state index in [1.807, 2.05) is 43.3 Å². The molecule has 1 aliphatic rings. The molecule has 1 saturated heterocycles. The minimum Gasteiger partial charge on any atom is -0.369 e. The van der Waals surface area contributed by atoms with Crippen LogP contribution >= 0.6 is 0 Å². The summed E-state index contributed by atoms with van der Waals surface area (Å²) in [6, 6.07) is 20.2. The van der Waals surface area contributed by atoms with Crippen molar-refractivity contribution in [3.8, 4) is 0 Å². The van der Waals surface area contributed by atoms with Gasteiger partial charge in [0.05, 0.1) is 5.75 Å². The number of para-hydroxylation sites is 1. The van der Waals surface area contributed by atoms with Gasteiger partial charge in [-0.2, -0.15) is 0 Å². The third-order valence-electron chi connectivity index (χ3n) is 5.26. The van der Waals surface area contributed by atoms with E-state index in [4.69, 9.17) is 0 Å². The molecule has 0 amide bonds. The lowest BCUT2D eigenvalue weighted by atomic mass is 10.2. The van der Waals surface area contributed by atoms with E-state index < -0.39 is 10.0 Å². The Kier molecular flexibility index (Phi) is 7.48. The number of aryl methyl sites for hydroxylation is 1. The van der Waals surface area contributed by atoms with Crippen molar-refractivity contribution in [3.63, 3.8) is 0 Å². The van der Waals surface area contributed by atoms with Crippen molar-refractivity contribution >= 4 is 15.7 Å². The fourth-order valence-electron chi connectivity index (χ4n) is 3.57. The highest BCUT2D eigenvalue weighted by molar-refractivity contribution is 7.89. The fraction of sp³-hybridized carbons (Fsp3) is 0.455. The van der Waals surface area contributed by atoms with Crippen LogP contribution in [0, 0.1) is 0 Å². The van der Waals surface area contributed by atoms with Gasteiger partial charge < -0.3 is 4.90 Å². The predicted molar refractivity (Wildman–Crippen MR) is 116 cm³/mol. The molecule has 0 saturated carbocycles. The van der Waals surface area contributed by atoms with Gasteiger partial charge in [-0.05, 0) is 44.0 Å². The monoisotopic (exact) mass is 401 g/mol. The quantitative estimate of drug-likeness (QED) is 0.702. The zero-order valence-electron chi connectivity index (χ0n) is 16.6. The summed E-state index contributed by atoms with van der Waals surface area (Å²) < 4.78 is 27.5. The topological polar surface area (TPSA) is 52.6 Å². The Bertz CT molecular complexity index is 804. The first-order valence-corrected chi connectivity index (χ1v) is 11.7. The summed E-state index contributed by atoms with van der Waals surface area (Å²) in [4.78, 5) is 4.83. The molecule has 152 valence electrons. The molecule has 2 aromatic rings. The lowest BCUT2D eigenvalue weighted by Gasteiger charge is -2.36. The maximum atomic E-state index is 12.3. The molecule has 6 heteroatoms. The van der Waals surface area contributed by atoms with Gasteiger partial charge >= 0.3 is 0 Å². The Labute approximate surface area is 169 Å². The summed E-state index contributed by atoms with van der Waals surface area (Å²) in [5, 5.41) is 0. The van der Waals surface area contributed by atoms with E-state index >= 15 is 0 Å². The number of piperazine rings is 1. The van der Waals surface area contributed by atoms with Crippen molar-refractivity contribution in [1.82, 2.24) is 9.62 Å². The highest BCUT2D eigenvalue weighted by Gasteiger charge is 2.19. The molecule has 28 heavy (non-hydrogen) atoms. The van der Waals surface area contributed by atoms with Crippen LogP contribution in [0.1, 0.15) is 18.9 Å². The second-order valence-electron chi connectivity index (χ2n) is 7.53. The molecular weight excluding hydrogens is 370 g/mol. The molecule has 0 radical (unpaired) electrons. The number of hydrogen-bond donors (Lipinski definition) is 1. The average molecular weight is 402 g/mol. The van der Waals surface area contributed by atoms with Crippen LogP contribution in [-0.2, 0) is 16.4 Å². The Balaban J connectivity index is 1.36. The molecule has 1 N–H and O–H groups in total. The Morgan fingerprint density at radius 3 is 2.18 bits per heavy atom. The first-order chi connectivity index (χ1) is 13.5. The third-order valence-corrected chi connectivity index (χ3v) is 6.76. The van der Waals surface area contributed by atoms with Crippen molar-refractivity contribution in [3.05, 3.63) is 66.2 Å². The van der Waals surface area contributed by atoms with E-state index in [2.05, 4.69) is 38.8 Å². The number of hydrogen-bond acceptors (Lipinski definition) is 4. The third kappa shape index (κ3) is 6.62. The lowest BCUT2D eigenvalue weighted by Crippen LogP contribution is -2.47. The van der Waals surface area contributed by atoms with Gasteiger partial charge in [-0.25, -0.2) is 13.1 Å². The van der Waals surface area contributed by atoms with Crippen LogP contribution in [0.2, 0.25) is 0 Å². The Hall–Kier alpha value is -1.89. The molecule has 0 bridgehead atoms. The molecule has 1 aliphatic heterocycles. The highest BCUT2D eigenvalue weighted by atomic mass is 32.2. The maximum Gasteiger partial charge on any atom is 0.212 e. The first-order valence-electron chi connectivity index (χ1n) is 10.1. The van der Waals surface area contributed by atoms with Gasteiger partial charge in [0.2, 0.25) is 10.0 Å². The highest BCUT2D eigenvalue weighted by Crippen LogP contribution is 2.15. The van der Waals surface area contributed by atoms with E-state index in [1.54, 1.807) is 0 Å². The molecule has 0 aliphatic carbocycles. The average Bonchev–Trinajstić information content (AvgIpc) is 2.72. The van der Waals surface area contributed by atoms with Crippen LogP contribution in [0.5, 0.6) is 0 Å². The van der Waals surface area contributed by atoms with Crippen LogP contribution in [-0.4, -0.2) is 57.8 Å². The van der Waals surface area contributed by atoms with Crippen molar-refractivity contribution < 1.29 is 8.42 Å². The van der Waals surface area contributed by atoms with Crippen molar-refractivity contribution in [1.29, 1.82) is 0 Å². The van der Waals surface area contributed by atoms with E-state index in [0.29, 0.717) is 6.42 Å². The van der Waals surface area contributed by atoms with Gasteiger partial charge in [0.25, 0.3) is 0 Å². The van der Waals surface area contributed by atoms with Crippen LogP contribution in [0.15, 0.2) is 60.7 Å². The number of benzene rings is 2. The van der Waals surface area contributed by atoms with Crippen LogP contribution in [0.25, 0.3) is 0 Å². The molecular formula is C22H31N3O2S. The Morgan fingerprint density at radius 1 is 0.929 bits per heavy atom. The number of rotatable bonds is 9. The zero-order valence-corrected chi connectivity index (χ0v) is 17.4. The van der Waals surface area contributed by atoms with Gasteiger partial charge in [0.1, 0.15) is 0 Å². The predicted octanol–water partition coefficient (Wildman–Crippen LogP) is 2.75. The molecule has 0 unspecified atom stereocenters. The second-order valence-corrected chi connectivity index (χ2v) is 9.40. The summed E-state index contributed by atoms with van der Waals surface area (Å²) in [6.45, 7) is 6.94. The van der Waals surface area contributed by atoms with Crippen molar-refractivity contribution in [2.24, 2.45) is 0 Å². The fourth-order valence-corrected chi connectivity index (χ4v) is 4.92. The van der Waals surface area contributed by atoms with Crippen LogP contribution in [0.4, 0.5) is 5.69 Å². The van der Waals surface area contributed by atoms with Gasteiger partial charge in [0.15, 0.2) is 0 Å². The van der Waals surface area contributed by atoms with Gasteiger partial charge in [-0.3, -0.25) is 4.90 Å². The van der Waals surface area contributed by atoms with Crippen molar-refractivity contribution in [2.75, 3.05) is 43.4 Å². The molecule has 1 atom stereocenters. The minimum absolute atomic E-state index is 0.0482. The van der Waals surface area contributed by atoms with Crippen molar-refractivity contribution in [2.45, 2.75) is 25.8 Å². The maximum absolute atomic E-state index is 12.3. The number of nitrogens with zero attached hydrogens (tertiary/aromatic N) is 2. The van der Waals surface area contributed by atoms with E-state index in [0.717, 1.165) is 44.7 Å². The zero-order chi connectivity index (χ0) is 19.8. The molecule has 3 rings (SSSR count). The summed E-state index contributed by atoms with van der Waals surface area (Å²) in [5.41, 5.74) is 2.33. The van der Waals surface area contributed by atoms with Gasteiger partial charge in [-0.15, -0.1) is 0 Å². The summed E-state index contributed by atoms with van der Waals surface area (Å²) >= 11 is 0. The molecule has 5 nitrogen and oxygen atoms in total. The molecule has 0 aromatic heterocycles. The standard InChI is InChI=1S/C22H31N3O2S/c1-20(23-28(26,27)19-13-21-8-4-2-5-9-21)12-14-24-15-17-25(18-16-24)22-10-6-3-7-11-22/h2-11,20,23H,12-19H2,1H3/t20-/m1/s1. The summed E-state index contributed by atoms with van der Waals surface area (Å²) in [5.74, 6) is 0.136. The Morgan fingerprint density at radius 2 is 1.54 bits per heavy atom. The van der Waals surface area contributed by atoms with E-state index in [1.165, 1.54) is 5.69 Å². The number of anilines is 1. The second kappa shape index (κ2) is 10.0. The number of nitrogens with one attached hydrogen (secondary N) is 1.